The van der Waals surface area contributed by atoms with E-state index in [4.69, 9.17) is 15.9 Å². The second-order valence-electron chi connectivity index (χ2n) is 5.47. The number of hydrogen-bond acceptors (Lipinski definition) is 3. The van der Waals surface area contributed by atoms with E-state index in [0.717, 1.165) is 19.5 Å². The van der Waals surface area contributed by atoms with Gasteiger partial charge in [0, 0.05) is 24.8 Å². The first-order chi connectivity index (χ1) is 10.0. The summed E-state index contributed by atoms with van der Waals surface area (Å²) in [6, 6.07) is 7.02. The van der Waals surface area contributed by atoms with Crippen molar-refractivity contribution >= 4 is 17.6 Å². The quantitative estimate of drug-likeness (QED) is 0.586. The molecule has 0 radical (unpaired) electrons. The van der Waals surface area contributed by atoms with E-state index in [2.05, 4.69) is 12.2 Å². The van der Waals surface area contributed by atoms with E-state index in [9.17, 15) is 4.79 Å². The van der Waals surface area contributed by atoms with Crippen LogP contribution in [0, 0.1) is 11.3 Å². The molecule has 0 aliphatic carbocycles. The maximum Gasteiger partial charge on any atom is 0.321 e. The summed E-state index contributed by atoms with van der Waals surface area (Å²) in [5.74, 6) is 1.09. The first-order valence-corrected chi connectivity index (χ1v) is 7.16. The molecule has 1 aromatic carbocycles. The molecular formula is C15H22N4O2. The molecule has 2 rings (SSSR count). The minimum absolute atomic E-state index is 0.0354. The summed E-state index contributed by atoms with van der Waals surface area (Å²) in [4.78, 5) is 14.1. The van der Waals surface area contributed by atoms with Crippen molar-refractivity contribution in [2.45, 2.75) is 19.8 Å². The number of urea groups is 1. The van der Waals surface area contributed by atoms with Crippen molar-refractivity contribution in [2.24, 2.45) is 11.7 Å². The average molecular weight is 290 g/mol. The number of rotatable bonds is 4. The van der Waals surface area contributed by atoms with Gasteiger partial charge in [0.1, 0.15) is 18.2 Å². The third-order valence-electron chi connectivity index (χ3n) is 3.42. The molecule has 0 spiro atoms. The van der Waals surface area contributed by atoms with Gasteiger partial charge in [-0.25, -0.2) is 4.79 Å². The van der Waals surface area contributed by atoms with Crippen LogP contribution in [0.25, 0.3) is 0 Å². The highest BCUT2D eigenvalue weighted by atomic mass is 16.5. The molecule has 1 atom stereocenters. The Morgan fingerprint density at radius 3 is 3.10 bits per heavy atom. The standard InChI is InChI=1S/C15H22N4O2/c1-11-4-3-7-19(9-11)15(20)18-12-5-2-6-13(8-12)21-10-14(16)17/h2,5-6,8,11H,3-4,7,9-10H2,1H3,(H3,16,17)(H,18,20). The van der Waals surface area contributed by atoms with Crippen LogP contribution >= 0.6 is 0 Å². The maximum absolute atomic E-state index is 12.2. The van der Waals surface area contributed by atoms with E-state index in [0.29, 0.717) is 17.4 Å². The largest absolute Gasteiger partial charge is 0.486 e. The second kappa shape index (κ2) is 6.97. The van der Waals surface area contributed by atoms with Gasteiger partial charge in [-0.2, -0.15) is 0 Å². The first-order valence-electron chi connectivity index (χ1n) is 7.16. The Morgan fingerprint density at radius 2 is 2.38 bits per heavy atom. The molecule has 1 fully saturated rings. The fourth-order valence-corrected chi connectivity index (χ4v) is 2.40. The number of anilines is 1. The zero-order valence-electron chi connectivity index (χ0n) is 12.3. The number of hydrogen-bond donors (Lipinski definition) is 3. The molecule has 1 aromatic rings. The fraction of sp³-hybridized carbons (Fsp3) is 0.467. The average Bonchev–Trinajstić information content (AvgIpc) is 2.45. The van der Waals surface area contributed by atoms with Gasteiger partial charge in [-0.05, 0) is 30.9 Å². The van der Waals surface area contributed by atoms with Gasteiger partial charge >= 0.3 is 6.03 Å². The lowest BCUT2D eigenvalue weighted by Gasteiger charge is -2.30. The number of nitrogens with one attached hydrogen (secondary N) is 2. The Bertz CT molecular complexity index is 518. The summed E-state index contributed by atoms with van der Waals surface area (Å²) in [5.41, 5.74) is 5.93. The van der Waals surface area contributed by atoms with Crippen LogP contribution in [0.4, 0.5) is 10.5 Å². The number of benzene rings is 1. The van der Waals surface area contributed by atoms with Crippen molar-refractivity contribution in [3.05, 3.63) is 24.3 Å². The zero-order chi connectivity index (χ0) is 15.2. The van der Waals surface area contributed by atoms with Crippen LogP contribution in [-0.2, 0) is 0 Å². The molecule has 0 aromatic heterocycles. The van der Waals surface area contributed by atoms with Gasteiger partial charge in [-0.3, -0.25) is 5.41 Å². The van der Waals surface area contributed by atoms with Crippen molar-refractivity contribution in [1.29, 1.82) is 5.41 Å². The van der Waals surface area contributed by atoms with Gasteiger partial charge < -0.3 is 20.7 Å². The third kappa shape index (κ3) is 4.66. The number of carbonyl (C=O) groups excluding carboxylic acids is 1. The SMILES string of the molecule is CC1CCCN(C(=O)Nc2cccc(OCC(=N)N)c2)C1. The second-order valence-corrected chi connectivity index (χ2v) is 5.47. The van der Waals surface area contributed by atoms with Crippen molar-refractivity contribution < 1.29 is 9.53 Å². The summed E-state index contributed by atoms with van der Waals surface area (Å²) >= 11 is 0. The number of ether oxygens (including phenoxy) is 1. The fourth-order valence-electron chi connectivity index (χ4n) is 2.40. The Labute approximate surface area is 124 Å². The molecule has 6 heteroatoms. The van der Waals surface area contributed by atoms with Gasteiger partial charge in [-0.1, -0.05) is 13.0 Å². The molecule has 1 unspecified atom stereocenters. The van der Waals surface area contributed by atoms with Crippen LogP contribution in [0.15, 0.2) is 24.3 Å². The molecular weight excluding hydrogens is 268 g/mol. The van der Waals surface area contributed by atoms with Crippen LogP contribution < -0.4 is 15.8 Å². The Morgan fingerprint density at radius 1 is 1.57 bits per heavy atom. The highest BCUT2D eigenvalue weighted by Gasteiger charge is 2.20. The molecule has 2 amide bonds. The third-order valence-corrected chi connectivity index (χ3v) is 3.42. The molecule has 114 valence electrons. The van der Waals surface area contributed by atoms with Crippen molar-refractivity contribution in [2.75, 3.05) is 25.0 Å². The smallest absolute Gasteiger partial charge is 0.321 e. The van der Waals surface area contributed by atoms with Gasteiger partial charge in [0.15, 0.2) is 0 Å². The van der Waals surface area contributed by atoms with E-state index in [1.807, 2.05) is 11.0 Å². The van der Waals surface area contributed by atoms with Crippen LogP contribution in [0.2, 0.25) is 0 Å². The van der Waals surface area contributed by atoms with Gasteiger partial charge in [-0.15, -0.1) is 0 Å². The maximum atomic E-state index is 12.2. The molecule has 0 saturated carbocycles. The van der Waals surface area contributed by atoms with E-state index in [-0.39, 0.29) is 18.5 Å². The van der Waals surface area contributed by atoms with E-state index in [1.54, 1.807) is 18.2 Å². The normalized spacial score (nSPS) is 18.1. The number of likely N-dealkylation sites (tertiary alicyclic amines) is 1. The number of carbonyl (C=O) groups is 1. The molecule has 6 nitrogen and oxygen atoms in total. The Balaban J connectivity index is 1.94. The summed E-state index contributed by atoms with van der Waals surface area (Å²) in [7, 11) is 0. The highest BCUT2D eigenvalue weighted by molar-refractivity contribution is 5.89. The van der Waals surface area contributed by atoms with Gasteiger partial charge in [0.05, 0.1) is 0 Å². The molecule has 1 heterocycles. The van der Waals surface area contributed by atoms with Crippen molar-refractivity contribution in [3.8, 4) is 5.75 Å². The Kier molecular flexibility index (Phi) is 5.03. The van der Waals surface area contributed by atoms with Gasteiger partial charge in [0.2, 0.25) is 0 Å². The van der Waals surface area contributed by atoms with Crippen LogP contribution in [-0.4, -0.2) is 36.5 Å². The zero-order valence-corrected chi connectivity index (χ0v) is 12.3. The summed E-state index contributed by atoms with van der Waals surface area (Å²) in [6.07, 6.45) is 2.23. The highest BCUT2D eigenvalue weighted by Crippen LogP contribution is 2.20. The molecule has 21 heavy (non-hydrogen) atoms. The minimum atomic E-state index is -0.0785. The molecule has 1 aliphatic heterocycles. The van der Waals surface area contributed by atoms with Gasteiger partial charge in [0.25, 0.3) is 0 Å². The lowest BCUT2D eigenvalue weighted by molar-refractivity contribution is 0.182. The Hall–Kier alpha value is -2.24. The van der Waals surface area contributed by atoms with Crippen molar-refractivity contribution in [3.63, 3.8) is 0 Å². The van der Waals surface area contributed by atoms with Crippen LogP contribution in [0.3, 0.4) is 0 Å². The van der Waals surface area contributed by atoms with Crippen LogP contribution in [0.5, 0.6) is 5.75 Å². The number of amidine groups is 1. The predicted molar refractivity (Wildman–Crippen MR) is 82.8 cm³/mol. The minimum Gasteiger partial charge on any atom is -0.486 e. The number of amides is 2. The molecule has 1 saturated heterocycles. The van der Waals surface area contributed by atoms with Crippen molar-refractivity contribution in [1.82, 2.24) is 4.90 Å². The van der Waals surface area contributed by atoms with E-state index >= 15 is 0 Å². The summed E-state index contributed by atoms with van der Waals surface area (Å²) in [5, 5.41) is 10.0. The molecule has 4 N–H and O–H groups in total. The monoisotopic (exact) mass is 290 g/mol. The number of piperidine rings is 1. The predicted octanol–water partition coefficient (Wildman–Crippen LogP) is 2.27. The van der Waals surface area contributed by atoms with E-state index in [1.165, 1.54) is 6.42 Å². The summed E-state index contributed by atoms with van der Waals surface area (Å²) < 4.78 is 5.34. The molecule has 1 aliphatic rings. The number of nitrogens with zero attached hydrogens (tertiary/aromatic N) is 1. The summed E-state index contributed by atoms with van der Waals surface area (Å²) in [6.45, 7) is 3.81. The lowest BCUT2D eigenvalue weighted by Crippen LogP contribution is -2.41. The molecule has 0 bridgehead atoms. The van der Waals surface area contributed by atoms with Crippen LogP contribution in [0.1, 0.15) is 19.8 Å². The topological polar surface area (TPSA) is 91.4 Å². The lowest BCUT2D eigenvalue weighted by atomic mass is 10.0. The first kappa shape index (κ1) is 15.2. The number of nitrogens with two attached hydrogens (primary N) is 1. The van der Waals surface area contributed by atoms with E-state index < -0.39 is 0 Å².